The summed E-state index contributed by atoms with van der Waals surface area (Å²) in [5, 5.41) is 3.40. The van der Waals surface area contributed by atoms with Crippen LogP contribution in [0.25, 0.3) is 0 Å². The predicted octanol–water partition coefficient (Wildman–Crippen LogP) is 1.08. The van der Waals surface area contributed by atoms with E-state index in [2.05, 4.69) is 17.1 Å². The van der Waals surface area contributed by atoms with Gasteiger partial charge in [0.25, 0.3) is 0 Å². The third-order valence-electron chi connectivity index (χ3n) is 3.46. The molecule has 0 aromatic carbocycles. The molecule has 1 saturated heterocycles. The second-order valence-corrected chi connectivity index (χ2v) is 4.19. The third-order valence-corrected chi connectivity index (χ3v) is 3.46. The van der Waals surface area contributed by atoms with Crippen molar-refractivity contribution in [3.63, 3.8) is 0 Å². The molecule has 12 heavy (non-hydrogen) atoms. The molecule has 0 radical (unpaired) electrons. The first-order valence-electron chi connectivity index (χ1n) is 5.35. The Kier molecular flexibility index (Phi) is 2.66. The van der Waals surface area contributed by atoms with Gasteiger partial charge in [0.15, 0.2) is 0 Å². The fourth-order valence-corrected chi connectivity index (χ4v) is 2.38. The van der Waals surface area contributed by atoms with Gasteiger partial charge in [-0.3, -0.25) is 4.90 Å². The minimum absolute atomic E-state index is 0.942. The first-order valence-corrected chi connectivity index (χ1v) is 5.35. The minimum atomic E-state index is 0.942. The van der Waals surface area contributed by atoms with E-state index in [1.807, 2.05) is 0 Å². The molecular weight excluding hydrogens is 148 g/mol. The van der Waals surface area contributed by atoms with Gasteiger partial charge in [-0.1, -0.05) is 13.3 Å². The maximum atomic E-state index is 3.40. The Bertz CT molecular complexity index is 135. The summed E-state index contributed by atoms with van der Waals surface area (Å²) in [7, 11) is 0. The average Bonchev–Trinajstić information content (AvgIpc) is 2.04. The summed E-state index contributed by atoms with van der Waals surface area (Å²) in [6.45, 7) is 7.28. The van der Waals surface area contributed by atoms with Gasteiger partial charge in [0.1, 0.15) is 0 Å². The fraction of sp³-hybridized carbons (Fsp3) is 1.00. The van der Waals surface area contributed by atoms with Gasteiger partial charge in [0.2, 0.25) is 0 Å². The number of rotatable bonds is 2. The molecule has 2 aliphatic rings. The molecule has 0 aromatic rings. The van der Waals surface area contributed by atoms with Gasteiger partial charge >= 0.3 is 0 Å². The molecule has 1 N–H and O–H groups in total. The maximum Gasteiger partial charge on any atom is 0.0110 e. The Hall–Kier alpha value is -0.0800. The zero-order valence-electron chi connectivity index (χ0n) is 8.05. The summed E-state index contributed by atoms with van der Waals surface area (Å²) in [6, 6.07) is 0.942. The molecule has 2 nitrogen and oxygen atoms in total. The van der Waals surface area contributed by atoms with Crippen molar-refractivity contribution in [2.24, 2.45) is 5.92 Å². The topological polar surface area (TPSA) is 15.3 Å². The summed E-state index contributed by atoms with van der Waals surface area (Å²) in [5.74, 6) is 1.05. The van der Waals surface area contributed by atoms with E-state index in [4.69, 9.17) is 0 Å². The van der Waals surface area contributed by atoms with Crippen LogP contribution >= 0.6 is 0 Å². The molecular formula is C10H20N2. The molecule has 0 amide bonds. The summed E-state index contributed by atoms with van der Waals surface area (Å²) < 4.78 is 0. The summed E-state index contributed by atoms with van der Waals surface area (Å²) >= 11 is 0. The number of hydrogen-bond donors (Lipinski definition) is 1. The molecule has 1 aliphatic heterocycles. The largest absolute Gasteiger partial charge is 0.314 e. The highest BCUT2D eigenvalue weighted by molar-refractivity contribution is 4.88. The second kappa shape index (κ2) is 3.75. The number of nitrogens with zero attached hydrogens (tertiary/aromatic N) is 1. The highest BCUT2D eigenvalue weighted by Gasteiger charge is 2.32. The number of nitrogens with one attached hydrogen (secondary N) is 1. The van der Waals surface area contributed by atoms with Crippen molar-refractivity contribution in [1.29, 1.82) is 0 Å². The second-order valence-electron chi connectivity index (χ2n) is 4.19. The molecule has 70 valence electrons. The zero-order valence-corrected chi connectivity index (χ0v) is 8.05. The smallest absolute Gasteiger partial charge is 0.0110 e. The Morgan fingerprint density at radius 2 is 1.92 bits per heavy atom. The van der Waals surface area contributed by atoms with E-state index < -0.39 is 0 Å². The van der Waals surface area contributed by atoms with Crippen molar-refractivity contribution < 1.29 is 0 Å². The number of hydrogen-bond acceptors (Lipinski definition) is 2. The zero-order chi connectivity index (χ0) is 8.39. The highest BCUT2D eigenvalue weighted by Crippen LogP contribution is 2.33. The lowest BCUT2D eigenvalue weighted by Crippen LogP contribution is -2.52. The van der Waals surface area contributed by atoms with E-state index in [-0.39, 0.29) is 0 Å². The molecule has 0 unspecified atom stereocenters. The summed E-state index contributed by atoms with van der Waals surface area (Å²) in [5.41, 5.74) is 0. The van der Waals surface area contributed by atoms with Crippen LogP contribution in [0.2, 0.25) is 0 Å². The molecule has 0 aromatic heterocycles. The fourth-order valence-electron chi connectivity index (χ4n) is 2.38. The lowest BCUT2D eigenvalue weighted by molar-refractivity contribution is 0.0662. The standard InChI is InChI=1S/C10H20N2/c1-2-9-7-10(8-9)12-5-3-11-4-6-12/h9-11H,2-8H2,1H3. The highest BCUT2D eigenvalue weighted by atomic mass is 15.2. The van der Waals surface area contributed by atoms with Crippen LogP contribution in [0.5, 0.6) is 0 Å². The summed E-state index contributed by atoms with van der Waals surface area (Å²) in [6.07, 6.45) is 4.33. The van der Waals surface area contributed by atoms with E-state index in [9.17, 15) is 0 Å². The van der Waals surface area contributed by atoms with Crippen molar-refractivity contribution in [1.82, 2.24) is 10.2 Å². The maximum absolute atomic E-state index is 3.40. The van der Waals surface area contributed by atoms with Gasteiger partial charge in [-0.05, 0) is 18.8 Å². The van der Waals surface area contributed by atoms with Crippen molar-refractivity contribution in [2.45, 2.75) is 32.2 Å². The lowest BCUT2D eigenvalue weighted by Gasteiger charge is -2.44. The minimum Gasteiger partial charge on any atom is -0.314 e. The Balaban J connectivity index is 1.72. The van der Waals surface area contributed by atoms with Gasteiger partial charge in [-0.15, -0.1) is 0 Å². The normalized spacial score (nSPS) is 37.8. The van der Waals surface area contributed by atoms with E-state index in [1.54, 1.807) is 0 Å². The molecule has 2 rings (SSSR count). The van der Waals surface area contributed by atoms with Gasteiger partial charge in [0, 0.05) is 32.2 Å². The monoisotopic (exact) mass is 168 g/mol. The van der Waals surface area contributed by atoms with Gasteiger partial charge in [-0.25, -0.2) is 0 Å². The molecule has 0 spiro atoms. The number of piperazine rings is 1. The molecule has 2 fully saturated rings. The molecule has 0 bridgehead atoms. The molecule has 1 aliphatic carbocycles. The molecule has 1 saturated carbocycles. The van der Waals surface area contributed by atoms with Crippen LogP contribution in [0.4, 0.5) is 0 Å². The van der Waals surface area contributed by atoms with Crippen LogP contribution < -0.4 is 5.32 Å². The van der Waals surface area contributed by atoms with E-state index >= 15 is 0 Å². The van der Waals surface area contributed by atoms with Crippen LogP contribution in [0.1, 0.15) is 26.2 Å². The Labute approximate surface area is 75.3 Å². The average molecular weight is 168 g/mol. The van der Waals surface area contributed by atoms with Crippen molar-refractivity contribution >= 4 is 0 Å². The van der Waals surface area contributed by atoms with Gasteiger partial charge in [0.05, 0.1) is 0 Å². The van der Waals surface area contributed by atoms with Crippen molar-refractivity contribution in [2.75, 3.05) is 26.2 Å². The van der Waals surface area contributed by atoms with E-state index in [1.165, 1.54) is 45.4 Å². The van der Waals surface area contributed by atoms with Crippen LogP contribution in [-0.2, 0) is 0 Å². The van der Waals surface area contributed by atoms with E-state index in [0.717, 1.165) is 12.0 Å². The molecule has 1 heterocycles. The van der Waals surface area contributed by atoms with Gasteiger partial charge in [-0.2, -0.15) is 0 Å². The molecule has 0 atom stereocenters. The lowest BCUT2D eigenvalue weighted by atomic mass is 9.77. The first kappa shape index (κ1) is 8.52. The quantitative estimate of drug-likeness (QED) is 0.664. The SMILES string of the molecule is CCC1CC(N2CCNCC2)C1. The van der Waals surface area contributed by atoms with Crippen LogP contribution in [0.15, 0.2) is 0 Å². The van der Waals surface area contributed by atoms with Crippen molar-refractivity contribution in [3.05, 3.63) is 0 Å². The summed E-state index contributed by atoms with van der Waals surface area (Å²) in [4.78, 5) is 2.67. The van der Waals surface area contributed by atoms with Gasteiger partial charge < -0.3 is 5.32 Å². The van der Waals surface area contributed by atoms with Crippen molar-refractivity contribution in [3.8, 4) is 0 Å². The van der Waals surface area contributed by atoms with E-state index in [0.29, 0.717) is 0 Å². The predicted molar refractivity (Wildman–Crippen MR) is 51.2 cm³/mol. The first-order chi connectivity index (χ1) is 5.90. The van der Waals surface area contributed by atoms with Crippen LogP contribution in [-0.4, -0.2) is 37.1 Å². The van der Waals surface area contributed by atoms with Crippen LogP contribution in [0, 0.1) is 5.92 Å². The third kappa shape index (κ3) is 1.64. The van der Waals surface area contributed by atoms with Crippen LogP contribution in [0.3, 0.4) is 0 Å². The Morgan fingerprint density at radius 3 is 2.50 bits per heavy atom. The Morgan fingerprint density at radius 1 is 1.25 bits per heavy atom. The molecule has 2 heteroatoms.